The van der Waals surface area contributed by atoms with E-state index in [0.29, 0.717) is 22.5 Å². The van der Waals surface area contributed by atoms with Crippen molar-refractivity contribution in [3.63, 3.8) is 0 Å². The van der Waals surface area contributed by atoms with Gasteiger partial charge in [0.25, 0.3) is 0 Å². The average Bonchev–Trinajstić information content (AvgIpc) is 2.43. The van der Waals surface area contributed by atoms with Crippen LogP contribution in [0.25, 0.3) is 0 Å². The van der Waals surface area contributed by atoms with Gasteiger partial charge in [0, 0.05) is 30.9 Å². The first-order valence-corrected chi connectivity index (χ1v) is 8.69. The Morgan fingerprint density at radius 3 is 2.76 bits per heavy atom. The molecule has 0 radical (unpaired) electrons. The molecule has 1 aliphatic rings. The molecule has 0 spiro atoms. The molecule has 0 amide bonds. The van der Waals surface area contributed by atoms with E-state index < -0.39 is 0 Å². The van der Waals surface area contributed by atoms with Crippen LogP contribution < -0.4 is 10.2 Å². The summed E-state index contributed by atoms with van der Waals surface area (Å²) in [5.41, 5.74) is 2.17. The number of aryl methyl sites for hydroxylation is 1. The second-order valence-corrected chi connectivity index (χ2v) is 7.26. The highest BCUT2D eigenvalue weighted by Gasteiger charge is 2.30. The fraction of sp³-hybridized carbons (Fsp3) is 0.647. The zero-order valence-electron chi connectivity index (χ0n) is 13.4. The molecule has 1 fully saturated rings. The Labute approximate surface area is 136 Å². The van der Waals surface area contributed by atoms with Gasteiger partial charge in [0.1, 0.15) is 5.82 Å². The van der Waals surface area contributed by atoms with Gasteiger partial charge in [-0.2, -0.15) is 0 Å². The minimum absolute atomic E-state index is 0.177. The van der Waals surface area contributed by atoms with Crippen molar-refractivity contribution in [1.29, 1.82) is 0 Å². The van der Waals surface area contributed by atoms with Crippen molar-refractivity contribution in [3.05, 3.63) is 28.0 Å². The first-order valence-electron chi connectivity index (χ1n) is 7.89. The summed E-state index contributed by atoms with van der Waals surface area (Å²) in [7, 11) is 0. The van der Waals surface area contributed by atoms with Crippen LogP contribution in [-0.4, -0.2) is 25.2 Å². The van der Waals surface area contributed by atoms with E-state index >= 15 is 0 Å². The number of anilines is 1. The van der Waals surface area contributed by atoms with Crippen LogP contribution in [-0.2, 0) is 0 Å². The molecular formula is C17H26BrFN2. The van der Waals surface area contributed by atoms with Gasteiger partial charge in [-0.05, 0) is 52.9 Å². The molecular weight excluding hydrogens is 331 g/mol. The van der Waals surface area contributed by atoms with Crippen molar-refractivity contribution in [2.24, 2.45) is 5.92 Å². The van der Waals surface area contributed by atoms with Crippen molar-refractivity contribution in [3.8, 4) is 0 Å². The summed E-state index contributed by atoms with van der Waals surface area (Å²) in [5, 5.41) is 3.65. The Morgan fingerprint density at radius 2 is 2.14 bits per heavy atom. The van der Waals surface area contributed by atoms with Gasteiger partial charge in [-0.15, -0.1) is 0 Å². The molecule has 0 aromatic heterocycles. The van der Waals surface area contributed by atoms with Gasteiger partial charge in [-0.1, -0.05) is 27.2 Å². The van der Waals surface area contributed by atoms with Gasteiger partial charge in [0.05, 0.1) is 4.47 Å². The lowest BCUT2D eigenvalue weighted by molar-refractivity contribution is 0.327. The molecule has 21 heavy (non-hydrogen) atoms. The second kappa shape index (κ2) is 7.10. The van der Waals surface area contributed by atoms with Crippen LogP contribution in [0.1, 0.15) is 39.2 Å². The Kier molecular flexibility index (Phi) is 5.67. The normalized spacial score (nSPS) is 22.9. The van der Waals surface area contributed by atoms with E-state index in [1.54, 1.807) is 6.07 Å². The Hall–Kier alpha value is -0.610. The Morgan fingerprint density at radius 1 is 1.43 bits per heavy atom. The molecule has 2 nitrogen and oxygen atoms in total. The molecule has 118 valence electrons. The number of hydrogen-bond donors (Lipinski definition) is 1. The quantitative estimate of drug-likeness (QED) is 0.854. The third kappa shape index (κ3) is 3.78. The van der Waals surface area contributed by atoms with E-state index in [9.17, 15) is 4.39 Å². The first-order chi connectivity index (χ1) is 9.93. The molecule has 1 heterocycles. The Balaban J connectivity index is 2.33. The SMILES string of the molecule is CCCC1CN(c2cc(F)c(Br)cc2C)C(C(C)C)CN1. The van der Waals surface area contributed by atoms with Crippen molar-refractivity contribution >= 4 is 21.6 Å². The van der Waals surface area contributed by atoms with E-state index in [1.807, 2.05) is 6.07 Å². The molecule has 2 rings (SSSR count). The first kappa shape index (κ1) is 16.8. The third-order valence-electron chi connectivity index (χ3n) is 4.39. The summed E-state index contributed by atoms with van der Waals surface area (Å²) in [6.07, 6.45) is 2.34. The molecule has 2 unspecified atom stereocenters. The van der Waals surface area contributed by atoms with Crippen LogP contribution in [0.5, 0.6) is 0 Å². The van der Waals surface area contributed by atoms with Gasteiger partial charge in [0.2, 0.25) is 0 Å². The van der Waals surface area contributed by atoms with Gasteiger partial charge in [0.15, 0.2) is 0 Å². The topological polar surface area (TPSA) is 15.3 Å². The molecule has 1 aliphatic heterocycles. The minimum atomic E-state index is -0.177. The molecule has 4 heteroatoms. The lowest BCUT2D eigenvalue weighted by Gasteiger charge is -2.44. The van der Waals surface area contributed by atoms with E-state index in [-0.39, 0.29) is 5.82 Å². The van der Waals surface area contributed by atoms with Crippen molar-refractivity contribution in [2.45, 2.75) is 52.6 Å². The maximum Gasteiger partial charge on any atom is 0.139 e. The summed E-state index contributed by atoms with van der Waals surface area (Å²) < 4.78 is 14.5. The second-order valence-electron chi connectivity index (χ2n) is 6.41. The zero-order valence-corrected chi connectivity index (χ0v) is 15.0. The van der Waals surface area contributed by atoms with Crippen LogP contribution in [0, 0.1) is 18.7 Å². The molecule has 0 bridgehead atoms. The van der Waals surface area contributed by atoms with Gasteiger partial charge < -0.3 is 10.2 Å². The van der Waals surface area contributed by atoms with Crippen LogP contribution in [0.2, 0.25) is 0 Å². The largest absolute Gasteiger partial charge is 0.365 e. The maximum absolute atomic E-state index is 14.0. The van der Waals surface area contributed by atoms with Crippen LogP contribution in [0.4, 0.5) is 10.1 Å². The number of halogens is 2. The predicted molar refractivity (Wildman–Crippen MR) is 91.5 cm³/mol. The number of hydrogen-bond acceptors (Lipinski definition) is 2. The lowest BCUT2D eigenvalue weighted by atomic mass is 9.95. The lowest BCUT2D eigenvalue weighted by Crippen LogP contribution is -2.58. The van der Waals surface area contributed by atoms with Crippen LogP contribution in [0.15, 0.2) is 16.6 Å². The Bertz CT molecular complexity index is 490. The third-order valence-corrected chi connectivity index (χ3v) is 5.00. The van der Waals surface area contributed by atoms with Gasteiger partial charge >= 0.3 is 0 Å². The summed E-state index contributed by atoms with van der Waals surface area (Å²) in [5.74, 6) is 0.356. The van der Waals surface area contributed by atoms with Gasteiger partial charge in [-0.3, -0.25) is 0 Å². The van der Waals surface area contributed by atoms with E-state index in [4.69, 9.17) is 0 Å². The minimum Gasteiger partial charge on any atom is -0.365 e. The number of piperazine rings is 1. The molecule has 0 saturated carbocycles. The van der Waals surface area contributed by atoms with E-state index in [1.165, 1.54) is 12.8 Å². The van der Waals surface area contributed by atoms with Crippen molar-refractivity contribution in [2.75, 3.05) is 18.0 Å². The maximum atomic E-state index is 14.0. The summed E-state index contributed by atoms with van der Waals surface area (Å²) in [4.78, 5) is 2.41. The molecule has 2 atom stereocenters. The number of rotatable bonds is 4. The smallest absolute Gasteiger partial charge is 0.139 e. The molecule has 1 saturated heterocycles. The standard InChI is InChI=1S/C17H26BrFN2/c1-5-6-13-10-21(17(9-20-13)11(2)3)16-8-15(19)14(18)7-12(16)4/h7-8,11,13,17,20H,5-6,9-10H2,1-4H3. The summed E-state index contributed by atoms with van der Waals surface area (Å²) in [6, 6.07) is 4.48. The summed E-state index contributed by atoms with van der Waals surface area (Å²) >= 11 is 3.28. The zero-order chi connectivity index (χ0) is 15.6. The average molecular weight is 357 g/mol. The van der Waals surface area contributed by atoms with Crippen molar-refractivity contribution in [1.82, 2.24) is 5.32 Å². The fourth-order valence-corrected chi connectivity index (χ4v) is 3.65. The number of nitrogens with one attached hydrogen (secondary N) is 1. The van der Waals surface area contributed by atoms with Crippen LogP contribution in [0.3, 0.4) is 0 Å². The highest BCUT2D eigenvalue weighted by molar-refractivity contribution is 9.10. The highest BCUT2D eigenvalue weighted by atomic mass is 79.9. The number of benzene rings is 1. The van der Waals surface area contributed by atoms with Gasteiger partial charge in [-0.25, -0.2) is 4.39 Å². The molecule has 0 aliphatic carbocycles. The van der Waals surface area contributed by atoms with Crippen molar-refractivity contribution < 1.29 is 4.39 Å². The van der Waals surface area contributed by atoms with E-state index in [0.717, 1.165) is 24.3 Å². The monoisotopic (exact) mass is 356 g/mol. The summed E-state index contributed by atoms with van der Waals surface area (Å²) in [6.45, 7) is 10.7. The molecule has 1 aromatic carbocycles. The molecule has 1 N–H and O–H groups in total. The number of nitrogens with zero attached hydrogens (tertiary/aromatic N) is 1. The fourth-order valence-electron chi connectivity index (χ4n) is 3.19. The molecule has 1 aromatic rings. The van der Waals surface area contributed by atoms with Crippen LogP contribution >= 0.6 is 15.9 Å². The highest BCUT2D eigenvalue weighted by Crippen LogP contribution is 2.31. The predicted octanol–water partition coefficient (Wildman–Crippen LogP) is 4.50. The van der Waals surface area contributed by atoms with E-state index in [2.05, 4.69) is 53.8 Å².